The van der Waals surface area contributed by atoms with Gasteiger partial charge in [0.25, 0.3) is 0 Å². The topological polar surface area (TPSA) is 50.9 Å². The van der Waals surface area contributed by atoms with Crippen molar-refractivity contribution >= 4 is 23.0 Å². The molecule has 1 aromatic rings. The third kappa shape index (κ3) is 2.77. The molecule has 1 rings (SSSR count). The highest BCUT2D eigenvalue weighted by molar-refractivity contribution is 6.29. The van der Waals surface area contributed by atoms with Crippen molar-refractivity contribution in [1.82, 2.24) is 4.98 Å². The Morgan fingerprint density at radius 1 is 1.69 bits per heavy atom. The van der Waals surface area contributed by atoms with E-state index in [1.165, 1.54) is 0 Å². The van der Waals surface area contributed by atoms with Gasteiger partial charge in [-0.1, -0.05) is 18.5 Å². The van der Waals surface area contributed by atoms with Crippen LogP contribution in [0.3, 0.4) is 0 Å². The minimum Gasteiger partial charge on any atom is -0.397 e. The summed E-state index contributed by atoms with van der Waals surface area (Å²) in [6.45, 7) is 4.20. The summed E-state index contributed by atoms with van der Waals surface area (Å²) in [6.07, 6.45) is 2.70. The lowest BCUT2D eigenvalue weighted by molar-refractivity contribution is 0.764. The molecule has 0 aromatic carbocycles. The molecule has 3 nitrogen and oxygen atoms in total. The van der Waals surface area contributed by atoms with Crippen molar-refractivity contribution in [3.8, 4) is 0 Å². The van der Waals surface area contributed by atoms with Crippen LogP contribution in [0.5, 0.6) is 0 Å². The number of aromatic nitrogens is 1. The van der Waals surface area contributed by atoms with Crippen molar-refractivity contribution in [2.45, 2.75) is 26.3 Å². The van der Waals surface area contributed by atoms with Crippen LogP contribution >= 0.6 is 11.6 Å². The molecule has 0 spiro atoms. The first kappa shape index (κ1) is 10.1. The first-order valence-electron chi connectivity index (χ1n) is 4.31. The molecular formula is C9H14ClN3. The number of nitrogens with one attached hydrogen (secondary N) is 1. The number of hydrogen-bond acceptors (Lipinski definition) is 3. The van der Waals surface area contributed by atoms with Crippen molar-refractivity contribution in [3.05, 3.63) is 17.4 Å². The zero-order valence-corrected chi connectivity index (χ0v) is 8.60. The third-order valence-corrected chi connectivity index (χ3v) is 2.12. The van der Waals surface area contributed by atoms with E-state index in [2.05, 4.69) is 24.1 Å². The molecule has 0 saturated heterocycles. The molecule has 0 bridgehead atoms. The predicted molar refractivity (Wildman–Crippen MR) is 57.0 cm³/mol. The molecule has 1 heterocycles. The highest BCUT2D eigenvalue weighted by Crippen LogP contribution is 2.20. The molecule has 1 atom stereocenters. The number of nitrogen functional groups attached to an aromatic ring is 1. The summed E-state index contributed by atoms with van der Waals surface area (Å²) < 4.78 is 0. The van der Waals surface area contributed by atoms with Gasteiger partial charge in [-0.2, -0.15) is 0 Å². The van der Waals surface area contributed by atoms with Gasteiger partial charge >= 0.3 is 0 Å². The summed E-state index contributed by atoms with van der Waals surface area (Å²) in [4.78, 5) is 3.95. The van der Waals surface area contributed by atoms with Crippen LogP contribution in [0.4, 0.5) is 11.4 Å². The van der Waals surface area contributed by atoms with Gasteiger partial charge in [-0.25, -0.2) is 4.98 Å². The summed E-state index contributed by atoms with van der Waals surface area (Å²) in [5, 5.41) is 3.66. The number of nitrogens with zero attached hydrogens (tertiary/aromatic N) is 1. The second-order valence-electron chi connectivity index (χ2n) is 3.05. The molecular weight excluding hydrogens is 186 g/mol. The van der Waals surface area contributed by atoms with Gasteiger partial charge in [0.05, 0.1) is 17.6 Å². The lowest BCUT2D eigenvalue weighted by atomic mass is 10.2. The van der Waals surface area contributed by atoms with Gasteiger partial charge in [0.15, 0.2) is 0 Å². The second-order valence-corrected chi connectivity index (χ2v) is 3.44. The van der Waals surface area contributed by atoms with Gasteiger partial charge in [0.1, 0.15) is 5.15 Å². The van der Waals surface area contributed by atoms with Crippen molar-refractivity contribution < 1.29 is 0 Å². The summed E-state index contributed by atoms with van der Waals surface area (Å²) in [5.41, 5.74) is 7.22. The van der Waals surface area contributed by atoms with Crippen LogP contribution in [0.2, 0.25) is 5.15 Å². The Hall–Kier alpha value is -0.960. The summed E-state index contributed by atoms with van der Waals surface area (Å²) in [7, 11) is 0. The Kier molecular flexibility index (Phi) is 3.37. The number of pyridine rings is 1. The van der Waals surface area contributed by atoms with Crippen molar-refractivity contribution in [3.63, 3.8) is 0 Å². The van der Waals surface area contributed by atoms with Crippen molar-refractivity contribution in [2.75, 3.05) is 11.1 Å². The Labute approximate surface area is 83.3 Å². The Morgan fingerprint density at radius 3 is 2.92 bits per heavy atom. The van der Waals surface area contributed by atoms with Gasteiger partial charge in [-0.05, 0) is 13.3 Å². The number of nitrogens with two attached hydrogens (primary N) is 1. The molecule has 0 aliphatic heterocycles. The van der Waals surface area contributed by atoms with E-state index < -0.39 is 0 Å². The maximum atomic E-state index is 5.74. The highest BCUT2D eigenvalue weighted by Gasteiger charge is 2.03. The van der Waals surface area contributed by atoms with Crippen LogP contribution < -0.4 is 11.1 Å². The largest absolute Gasteiger partial charge is 0.397 e. The number of rotatable bonds is 3. The second kappa shape index (κ2) is 4.33. The fraction of sp³-hybridized carbons (Fsp3) is 0.444. The molecule has 1 aromatic heterocycles. The van der Waals surface area contributed by atoms with Crippen LogP contribution in [0.15, 0.2) is 12.3 Å². The zero-order valence-electron chi connectivity index (χ0n) is 7.84. The lowest BCUT2D eigenvalue weighted by Crippen LogP contribution is -2.14. The summed E-state index contributed by atoms with van der Waals surface area (Å²) >= 11 is 5.67. The van der Waals surface area contributed by atoms with E-state index >= 15 is 0 Å². The van der Waals surface area contributed by atoms with E-state index in [4.69, 9.17) is 17.3 Å². The first-order valence-corrected chi connectivity index (χ1v) is 4.68. The molecule has 72 valence electrons. The third-order valence-electron chi connectivity index (χ3n) is 1.92. The van der Waals surface area contributed by atoms with Crippen molar-refractivity contribution in [1.29, 1.82) is 0 Å². The first-order chi connectivity index (χ1) is 6.13. The molecule has 0 aliphatic rings. The van der Waals surface area contributed by atoms with Crippen LogP contribution in [-0.2, 0) is 0 Å². The van der Waals surface area contributed by atoms with E-state index in [1.807, 2.05) is 0 Å². The quantitative estimate of drug-likeness (QED) is 0.736. The minimum atomic E-state index is 0.394. The van der Waals surface area contributed by atoms with Gasteiger partial charge in [-0.3, -0.25) is 0 Å². The number of halogens is 1. The number of anilines is 2. The summed E-state index contributed by atoms with van der Waals surface area (Å²) in [6, 6.07) is 2.04. The maximum absolute atomic E-state index is 5.74. The molecule has 3 N–H and O–H groups in total. The predicted octanol–water partition coefficient (Wildman–Crippen LogP) is 2.53. The zero-order chi connectivity index (χ0) is 9.84. The standard InChI is InChI=1S/C9H14ClN3/c1-3-6(2)13-8-5-12-9(10)4-7(8)11/h4-6,13H,3H2,1-2H3,(H2,11,12). The maximum Gasteiger partial charge on any atom is 0.131 e. The Morgan fingerprint density at radius 2 is 2.38 bits per heavy atom. The SMILES string of the molecule is CCC(C)Nc1cnc(Cl)cc1N. The molecule has 0 radical (unpaired) electrons. The Bertz CT molecular complexity index is 288. The fourth-order valence-corrected chi connectivity index (χ4v) is 1.10. The molecule has 1 unspecified atom stereocenters. The molecule has 13 heavy (non-hydrogen) atoms. The molecule has 0 aliphatic carbocycles. The average Bonchev–Trinajstić information content (AvgIpc) is 2.09. The van der Waals surface area contributed by atoms with Crippen molar-refractivity contribution in [2.24, 2.45) is 0 Å². The molecule has 0 saturated carbocycles. The fourth-order valence-electron chi connectivity index (χ4n) is 0.932. The van der Waals surface area contributed by atoms with Crippen LogP contribution in [0, 0.1) is 0 Å². The normalized spacial score (nSPS) is 12.5. The van der Waals surface area contributed by atoms with E-state index in [9.17, 15) is 0 Å². The highest BCUT2D eigenvalue weighted by atomic mass is 35.5. The van der Waals surface area contributed by atoms with Crippen LogP contribution in [0.25, 0.3) is 0 Å². The molecule has 4 heteroatoms. The van der Waals surface area contributed by atoms with E-state index in [0.717, 1.165) is 12.1 Å². The van der Waals surface area contributed by atoms with Gasteiger partial charge in [0, 0.05) is 12.1 Å². The Balaban J connectivity index is 2.77. The lowest BCUT2D eigenvalue weighted by Gasteiger charge is -2.14. The smallest absolute Gasteiger partial charge is 0.131 e. The minimum absolute atomic E-state index is 0.394. The number of hydrogen-bond donors (Lipinski definition) is 2. The van der Waals surface area contributed by atoms with E-state index in [0.29, 0.717) is 16.9 Å². The molecule has 0 amide bonds. The van der Waals surface area contributed by atoms with Gasteiger partial charge < -0.3 is 11.1 Å². The average molecular weight is 200 g/mol. The van der Waals surface area contributed by atoms with Crippen LogP contribution in [-0.4, -0.2) is 11.0 Å². The van der Waals surface area contributed by atoms with Gasteiger partial charge in [-0.15, -0.1) is 0 Å². The summed E-state index contributed by atoms with van der Waals surface area (Å²) in [5.74, 6) is 0. The van der Waals surface area contributed by atoms with E-state index in [-0.39, 0.29) is 0 Å². The van der Waals surface area contributed by atoms with Crippen LogP contribution in [0.1, 0.15) is 20.3 Å². The van der Waals surface area contributed by atoms with E-state index in [1.54, 1.807) is 12.3 Å². The molecule has 0 fully saturated rings. The van der Waals surface area contributed by atoms with Gasteiger partial charge in [0.2, 0.25) is 0 Å². The monoisotopic (exact) mass is 199 g/mol.